The molecule has 3 N–H and O–H groups in total. The van der Waals surface area contributed by atoms with E-state index in [9.17, 15) is 9.59 Å². The first kappa shape index (κ1) is 24.3. The molecule has 0 fully saturated rings. The highest BCUT2D eigenvalue weighted by atomic mass is 16.5. The maximum Gasteiger partial charge on any atom is 0.330 e. The lowest BCUT2D eigenvalue weighted by atomic mass is 10.0. The summed E-state index contributed by atoms with van der Waals surface area (Å²) in [7, 11) is 0. The van der Waals surface area contributed by atoms with Crippen LogP contribution in [0, 0.1) is 5.92 Å². The van der Waals surface area contributed by atoms with E-state index in [0.717, 1.165) is 18.4 Å². The average Bonchev–Trinajstić information content (AvgIpc) is 3.21. The van der Waals surface area contributed by atoms with Crippen molar-refractivity contribution in [1.82, 2.24) is 19.7 Å². The van der Waals surface area contributed by atoms with Gasteiger partial charge >= 0.3 is 5.69 Å². The summed E-state index contributed by atoms with van der Waals surface area (Å²) in [6, 6.07) is 8.06. The first-order valence-electron chi connectivity index (χ1n) is 11.5. The van der Waals surface area contributed by atoms with Crippen LogP contribution in [0.3, 0.4) is 0 Å². The van der Waals surface area contributed by atoms with Crippen molar-refractivity contribution in [2.24, 2.45) is 5.92 Å². The Morgan fingerprint density at radius 3 is 2.45 bits per heavy atom. The minimum absolute atomic E-state index is 0.155. The number of anilines is 2. The predicted octanol–water partition coefficient (Wildman–Crippen LogP) is 3.75. The highest BCUT2D eigenvalue weighted by Crippen LogP contribution is 2.23. The van der Waals surface area contributed by atoms with E-state index >= 15 is 0 Å². The first-order valence-corrected chi connectivity index (χ1v) is 11.5. The van der Waals surface area contributed by atoms with E-state index in [1.807, 2.05) is 32.9 Å². The molecular formula is C24H34N6O3. The van der Waals surface area contributed by atoms with Crippen LogP contribution in [-0.4, -0.2) is 26.2 Å². The lowest BCUT2D eigenvalue weighted by Crippen LogP contribution is -2.39. The molecule has 0 aliphatic carbocycles. The molecule has 0 unspecified atom stereocenters. The Balaban J connectivity index is 1.93. The molecule has 9 nitrogen and oxygen atoms in total. The highest BCUT2D eigenvalue weighted by Gasteiger charge is 2.22. The smallest absolute Gasteiger partial charge is 0.330 e. The third-order valence-corrected chi connectivity index (χ3v) is 5.48. The number of unbranched alkanes of at least 4 members (excludes halogenated alkanes) is 1. The maximum atomic E-state index is 12.8. The molecule has 2 heterocycles. The van der Waals surface area contributed by atoms with Crippen molar-refractivity contribution >= 4 is 11.5 Å². The number of aromatic nitrogens is 4. The quantitative estimate of drug-likeness (QED) is 0.478. The number of rotatable bonds is 10. The lowest BCUT2D eigenvalue weighted by molar-refractivity contribution is 0.374. The molecule has 0 spiro atoms. The number of nitrogens with zero attached hydrogens (tertiary/aromatic N) is 4. The van der Waals surface area contributed by atoms with Crippen molar-refractivity contribution < 1.29 is 4.52 Å². The minimum Gasteiger partial charge on any atom is -0.383 e. The number of nitrogens with one attached hydrogen (secondary N) is 1. The van der Waals surface area contributed by atoms with Gasteiger partial charge in [-0.15, -0.1) is 0 Å². The van der Waals surface area contributed by atoms with Crippen LogP contribution in [0.5, 0.6) is 0 Å². The Morgan fingerprint density at radius 1 is 1.15 bits per heavy atom. The van der Waals surface area contributed by atoms with Gasteiger partial charge in [0, 0.05) is 18.7 Å². The molecule has 2 aromatic heterocycles. The zero-order chi connectivity index (χ0) is 24.1. The van der Waals surface area contributed by atoms with Gasteiger partial charge in [-0.1, -0.05) is 70.5 Å². The van der Waals surface area contributed by atoms with E-state index in [1.54, 1.807) is 4.90 Å². The number of aromatic amines is 1. The van der Waals surface area contributed by atoms with Gasteiger partial charge in [-0.3, -0.25) is 14.3 Å². The van der Waals surface area contributed by atoms with Crippen molar-refractivity contribution in [3.05, 3.63) is 56.6 Å². The maximum absolute atomic E-state index is 12.8. The van der Waals surface area contributed by atoms with Gasteiger partial charge in [0.15, 0.2) is 0 Å². The zero-order valence-corrected chi connectivity index (χ0v) is 20.1. The Labute approximate surface area is 193 Å². The Morgan fingerprint density at radius 2 is 1.85 bits per heavy atom. The summed E-state index contributed by atoms with van der Waals surface area (Å²) in [4.78, 5) is 33.8. The van der Waals surface area contributed by atoms with Crippen LogP contribution >= 0.6 is 0 Å². The molecule has 0 radical (unpaired) electrons. The molecule has 0 saturated carbocycles. The third kappa shape index (κ3) is 5.71. The number of H-pyrrole nitrogens is 1. The van der Waals surface area contributed by atoms with Crippen LogP contribution < -0.4 is 21.9 Å². The standard InChI is InChI=1S/C24H34N6O3/c1-6-7-12-30-21(25)20(23(31)27-24(30)32)29(13-15(2)3)14-19-26-22(28-33-19)18-10-8-17(9-11-18)16(4)5/h8-11,15-16H,6-7,12-14,25H2,1-5H3,(H,27,31,32). The number of hydrogen-bond acceptors (Lipinski definition) is 7. The monoisotopic (exact) mass is 454 g/mol. The second-order valence-corrected chi connectivity index (χ2v) is 9.06. The van der Waals surface area contributed by atoms with E-state index in [-0.39, 0.29) is 24.0 Å². The normalized spacial score (nSPS) is 11.5. The van der Waals surface area contributed by atoms with Gasteiger partial charge in [-0.25, -0.2) is 4.79 Å². The van der Waals surface area contributed by atoms with Crippen molar-refractivity contribution in [2.45, 2.75) is 66.5 Å². The second kappa shape index (κ2) is 10.5. The van der Waals surface area contributed by atoms with E-state index in [0.29, 0.717) is 30.7 Å². The molecule has 3 aromatic rings. The molecule has 0 amide bonds. The SMILES string of the molecule is CCCCn1c(N)c(N(Cc2nc(-c3ccc(C(C)C)cc3)no2)CC(C)C)c(=O)[nH]c1=O. The molecule has 0 atom stereocenters. The van der Waals surface area contributed by atoms with Crippen LogP contribution in [0.25, 0.3) is 11.4 Å². The topological polar surface area (TPSA) is 123 Å². The summed E-state index contributed by atoms with van der Waals surface area (Å²) in [6.07, 6.45) is 1.68. The molecule has 9 heteroatoms. The average molecular weight is 455 g/mol. The molecule has 0 bridgehead atoms. The predicted molar refractivity (Wildman–Crippen MR) is 130 cm³/mol. The summed E-state index contributed by atoms with van der Waals surface area (Å²) in [5.41, 5.74) is 7.65. The van der Waals surface area contributed by atoms with E-state index in [2.05, 4.69) is 41.1 Å². The molecule has 1 aromatic carbocycles. The van der Waals surface area contributed by atoms with Gasteiger partial charge in [0.25, 0.3) is 5.56 Å². The van der Waals surface area contributed by atoms with E-state index in [4.69, 9.17) is 10.3 Å². The van der Waals surface area contributed by atoms with Gasteiger partial charge in [0.05, 0.1) is 6.54 Å². The summed E-state index contributed by atoms with van der Waals surface area (Å²) in [5.74, 6) is 1.67. The minimum atomic E-state index is -0.519. The molecular weight excluding hydrogens is 420 g/mol. The molecule has 0 saturated heterocycles. The van der Waals surface area contributed by atoms with Crippen molar-refractivity contribution in [2.75, 3.05) is 17.2 Å². The van der Waals surface area contributed by atoms with Crippen LogP contribution in [0.2, 0.25) is 0 Å². The fourth-order valence-electron chi connectivity index (χ4n) is 3.71. The Hall–Kier alpha value is -3.36. The second-order valence-electron chi connectivity index (χ2n) is 9.06. The fraction of sp³-hybridized carbons (Fsp3) is 0.500. The van der Waals surface area contributed by atoms with Crippen molar-refractivity contribution in [3.8, 4) is 11.4 Å². The molecule has 178 valence electrons. The third-order valence-electron chi connectivity index (χ3n) is 5.48. The molecule has 0 aliphatic rings. The van der Waals surface area contributed by atoms with Gasteiger partial charge < -0.3 is 15.2 Å². The molecule has 3 rings (SSSR count). The molecule has 33 heavy (non-hydrogen) atoms. The Bertz CT molecular complexity index is 1170. The summed E-state index contributed by atoms with van der Waals surface area (Å²) in [5, 5.41) is 4.12. The lowest BCUT2D eigenvalue weighted by Gasteiger charge is -2.26. The molecule has 0 aliphatic heterocycles. The van der Waals surface area contributed by atoms with Gasteiger partial charge in [0.2, 0.25) is 11.7 Å². The highest BCUT2D eigenvalue weighted by molar-refractivity contribution is 5.62. The number of nitrogen functional groups attached to an aromatic ring is 1. The van der Waals surface area contributed by atoms with Crippen molar-refractivity contribution in [1.29, 1.82) is 0 Å². The van der Waals surface area contributed by atoms with Crippen LogP contribution in [0.4, 0.5) is 11.5 Å². The Kier molecular flexibility index (Phi) is 7.73. The van der Waals surface area contributed by atoms with Crippen LogP contribution in [0.15, 0.2) is 38.4 Å². The largest absolute Gasteiger partial charge is 0.383 e. The summed E-state index contributed by atoms with van der Waals surface area (Å²) in [6.45, 7) is 11.6. The van der Waals surface area contributed by atoms with Crippen LogP contribution in [-0.2, 0) is 13.1 Å². The van der Waals surface area contributed by atoms with Gasteiger partial charge in [-0.2, -0.15) is 4.98 Å². The summed E-state index contributed by atoms with van der Waals surface area (Å²) < 4.78 is 6.92. The fourth-order valence-corrected chi connectivity index (χ4v) is 3.71. The number of hydrogen-bond donors (Lipinski definition) is 2. The van der Waals surface area contributed by atoms with Gasteiger partial charge in [-0.05, 0) is 23.8 Å². The van der Waals surface area contributed by atoms with E-state index in [1.165, 1.54) is 10.1 Å². The number of nitrogens with two attached hydrogens (primary N) is 1. The first-order chi connectivity index (χ1) is 15.7. The van der Waals surface area contributed by atoms with Crippen molar-refractivity contribution in [3.63, 3.8) is 0 Å². The zero-order valence-electron chi connectivity index (χ0n) is 20.1. The number of benzene rings is 1. The van der Waals surface area contributed by atoms with Gasteiger partial charge in [0.1, 0.15) is 11.5 Å². The summed E-state index contributed by atoms with van der Waals surface area (Å²) >= 11 is 0. The van der Waals surface area contributed by atoms with Crippen LogP contribution in [0.1, 0.15) is 64.8 Å². The van der Waals surface area contributed by atoms with E-state index < -0.39 is 11.2 Å².